The van der Waals surface area contributed by atoms with Crippen LogP contribution in [-0.4, -0.2) is 17.9 Å². The first kappa shape index (κ1) is 32.2. The number of fused-ring (bicyclic) bond motifs is 1. The van der Waals surface area contributed by atoms with Crippen molar-refractivity contribution in [2.45, 2.75) is 80.1 Å². The lowest BCUT2D eigenvalue weighted by Gasteiger charge is -2.30. The highest BCUT2D eigenvalue weighted by atomic mass is 16.5. The molecule has 230 valence electrons. The van der Waals surface area contributed by atoms with Gasteiger partial charge in [0.1, 0.15) is 22.8 Å². The van der Waals surface area contributed by atoms with Gasteiger partial charge in [-0.3, -0.25) is 14.4 Å². The van der Waals surface area contributed by atoms with Gasteiger partial charge >= 0.3 is 23.5 Å². The maximum atomic E-state index is 14.1. The topological polar surface area (TPSA) is 109 Å². The highest BCUT2D eigenvalue weighted by molar-refractivity contribution is 6.03. The molecule has 0 atom stereocenters. The zero-order chi connectivity index (χ0) is 32.7. The molecule has 3 aromatic carbocycles. The number of carbonyl (C=O) groups excluding carboxylic acids is 3. The Kier molecular flexibility index (Phi) is 8.60. The fourth-order valence-corrected chi connectivity index (χ4v) is 5.21. The molecular formula is C36H38O8. The summed E-state index contributed by atoms with van der Waals surface area (Å²) in [6.45, 7) is 17.8. The molecule has 0 fully saturated rings. The minimum Gasteiger partial charge on any atom is -0.427 e. The molecule has 0 saturated heterocycles. The summed E-state index contributed by atoms with van der Waals surface area (Å²) in [7, 11) is 0. The fraction of sp³-hybridized carbons (Fsp3) is 0.333. The lowest BCUT2D eigenvalue weighted by atomic mass is 9.77. The van der Waals surface area contributed by atoms with Crippen LogP contribution in [0.25, 0.3) is 33.2 Å². The van der Waals surface area contributed by atoms with Crippen molar-refractivity contribution in [2.24, 2.45) is 0 Å². The van der Waals surface area contributed by atoms with E-state index in [2.05, 4.69) is 0 Å². The lowest BCUT2D eigenvalue weighted by Crippen LogP contribution is -2.22. The van der Waals surface area contributed by atoms with Crippen molar-refractivity contribution < 1.29 is 33.0 Å². The second kappa shape index (κ2) is 11.8. The Morgan fingerprint density at radius 3 is 1.66 bits per heavy atom. The largest absolute Gasteiger partial charge is 0.427 e. The van der Waals surface area contributed by atoms with E-state index >= 15 is 0 Å². The maximum Gasteiger partial charge on any atom is 0.344 e. The molecule has 0 N–H and O–H groups in total. The van der Waals surface area contributed by atoms with Crippen molar-refractivity contribution in [3.63, 3.8) is 0 Å². The van der Waals surface area contributed by atoms with E-state index in [9.17, 15) is 19.2 Å². The van der Waals surface area contributed by atoms with Gasteiger partial charge in [0.15, 0.2) is 0 Å². The molecule has 0 amide bonds. The normalized spacial score (nSPS) is 11.8. The van der Waals surface area contributed by atoms with Crippen molar-refractivity contribution in [1.29, 1.82) is 0 Å². The molecule has 1 heterocycles. The van der Waals surface area contributed by atoms with Gasteiger partial charge in [-0.25, -0.2) is 4.79 Å². The number of carbonyl (C=O) groups is 3. The van der Waals surface area contributed by atoms with Crippen LogP contribution in [0.3, 0.4) is 0 Å². The second-order valence-corrected chi connectivity index (χ2v) is 12.9. The molecule has 0 unspecified atom stereocenters. The maximum absolute atomic E-state index is 14.1. The molecular weight excluding hydrogens is 560 g/mol. The Morgan fingerprint density at radius 2 is 1.18 bits per heavy atom. The molecule has 0 aliphatic heterocycles. The zero-order valence-corrected chi connectivity index (χ0v) is 26.9. The van der Waals surface area contributed by atoms with Gasteiger partial charge < -0.3 is 18.6 Å². The first-order chi connectivity index (χ1) is 20.4. The third-order valence-corrected chi connectivity index (χ3v) is 7.17. The average Bonchev–Trinajstić information content (AvgIpc) is 2.88. The molecule has 0 aliphatic rings. The van der Waals surface area contributed by atoms with E-state index in [1.165, 1.54) is 20.8 Å². The summed E-state index contributed by atoms with van der Waals surface area (Å²) >= 11 is 0. The Balaban J connectivity index is 2.17. The van der Waals surface area contributed by atoms with Crippen molar-refractivity contribution in [3.05, 3.63) is 75.6 Å². The van der Waals surface area contributed by atoms with Crippen molar-refractivity contribution in [3.8, 4) is 39.5 Å². The number of hydrogen-bond donors (Lipinski definition) is 0. The Hall–Kier alpha value is -4.72. The quantitative estimate of drug-likeness (QED) is 0.130. The molecule has 0 radical (unpaired) electrons. The van der Waals surface area contributed by atoms with Crippen LogP contribution in [0.15, 0.2) is 57.7 Å². The number of benzene rings is 3. The summed E-state index contributed by atoms with van der Waals surface area (Å²) in [5.41, 5.74) is 2.93. The third kappa shape index (κ3) is 6.59. The number of hydrogen-bond acceptors (Lipinski definition) is 8. The van der Waals surface area contributed by atoms with Crippen LogP contribution in [0.4, 0.5) is 0 Å². The predicted octanol–water partition coefficient (Wildman–Crippen LogP) is 7.81. The van der Waals surface area contributed by atoms with Crippen LogP contribution < -0.4 is 19.8 Å². The molecule has 0 spiro atoms. The van der Waals surface area contributed by atoms with Gasteiger partial charge in [0.05, 0.1) is 5.56 Å². The molecule has 0 aliphatic carbocycles. The highest BCUT2D eigenvalue weighted by Gasteiger charge is 2.31. The first-order valence-corrected chi connectivity index (χ1v) is 14.3. The van der Waals surface area contributed by atoms with Crippen LogP contribution in [0.2, 0.25) is 0 Å². The molecule has 8 heteroatoms. The first-order valence-electron chi connectivity index (χ1n) is 14.3. The van der Waals surface area contributed by atoms with Gasteiger partial charge in [-0.05, 0) is 65.3 Å². The van der Waals surface area contributed by atoms with E-state index in [1.807, 2.05) is 53.7 Å². The van der Waals surface area contributed by atoms with Crippen LogP contribution in [0.5, 0.6) is 17.2 Å². The van der Waals surface area contributed by atoms with Crippen LogP contribution in [0.1, 0.15) is 79.0 Å². The second-order valence-electron chi connectivity index (χ2n) is 12.9. The summed E-state index contributed by atoms with van der Waals surface area (Å²) in [5, 5.41) is 0.618. The lowest BCUT2D eigenvalue weighted by molar-refractivity contribution is -0.133. The van der Waals surface area contributed by atoms with Crippen LogP contribution in [0, 0.1) is 6.92 Å². The zero-order valence-electron chi connectivity index (χ0n) is 26.9. The Labute approximate surface area is 256 Å². The average molecular weight is 599 g/mol. The van der Waals surface area contributed by atoms with Crippen molar-refractivity contribution >= 4 is 28.9 Å². The van der Waals surface area contributed by atoms with Crippen molar-refractivity contribution in [1.82, 2.24) is 0 Å². The summed E-state index contributed by atoms with van der Waals surface area (Å²) < 4.78 is 22.4. The molecule has 4 aromatic rings. The SMILES string of the molecule is CC(=O)Oc1ccc(-c2c(-c3cc(C(C)(C)C)c(OC(C)=O)c(C(C)(C)C)c3)c(=O)oc3c(C)c(OC(C)=O)ccc23)cc1. The van der Waals surface area contributed by atoms with E-state index in [0.29, 0.717) is 44.7 Å². The van der Waals surface area contributed by atoms with E-state index < -0.39 is 34.4 Å². The minimum atomic E-state index is -0.598. The standard InChI is InChI=1S/C36H38O8/c1-19-29(42-21(3)38)16-15-26-30(23-11-13-25(14-12-23)41-20(2)37)31(34(40)44-32(19)26)24-17-27(35(5,6)7)33(43-22(4)39)28(18-24)36(8,9)10/h11-18H,1-10H3. The number of ether oxygens (including phenoxy) is 3. The van der Waals surface area contributed by atoms with Gasteiger partial charge in [0.25, 0.3) is 0 Å². The molecule has 8 nitrogen and oxygen atoms in total. The molecule has 4 rings (SSSR count). The van der Waals surface area contributed by atoms with E-state index in [1.54, 1.807) is 43.3 Å². The number of aryl methyl sites for hydroxylation is 1. The Bertz CT molecular complexity index is 1810. The van der Waals surface area contributed by atoms with Gasteiger partial charge in [-0.1, -0.05) is 53.7 Å². The van der Waals surface area contributed by atoms with E-state index in [-0.39, 0.29) is 11.3 Å². The van der Waals surface area contributed by atoms with Crippen LogP contribution in [-0.2, 0) is 25.2 Å². The third-order valence-electron chi connectivity index (χ3n) is 7.17. The predicted molar refractivity (Wildman–Crippen MR) is 169 cm³/mol. The fourth-order valence-electron chi connectivity index (χ4n) is 5.21. The van der Waals surface area contributed by atoms with E-state index in [4.69, 9.17) is 18.6 Å². The highest BCUT2D eigenvalue weighted by Crippen LogP contribution is 2.45. The Morgan fingerprint density at radius 1 is 0.659 bits per heavy atom. The summed E-state index contributed by atoms with van der Waals surface area (Å²) in [6, 6.07) is 14.0. The monoisotopic (exact) mass is 598 g/mol. The number of esters is 3. The molecule has 1 aromatic heterocycles. The van der Waals surface area contributed by atoms with Gasteiger partial charge in [-0.2, -0.15) is 0 Å². The van der Waals surface area contributed by atoms with Crippen molar-refractivity contribution in [2.75, 3.05) is 0 Å². The molecule has 0 bridgehead atoms. The summed E-state index contributed by atoms with van der Waals surface area (Å²) in [5.74, 6) is -0.265. The minimum absolute atomic E-state index is 0.278. The van der Waals surface area contributed by atoms with Gasteiger partial charge in [0.2, 0.25) is 0 Å². The number of rotatable bonds is 5. The van der Waals surface area contributed by atoms with Gasteiger partial charge in [0, 0.05) is 48.4 Å². The summed E-state index contributed by atoms with van der Waals surface area (Å²) in [4.78, 5) is 49.6. The van der Waals surface area contributed by atoms with E-state index in [0.717, 1.165) is 11.1 Å². The molecule has 0 saturated carbocycles. The molecule has 44 heavy (non-hydrogen) atoms. The van der Waals surface area contributed by atoms with Gasteiger partial charge in [-0.15, -0.1) is 0 Å². The smallest absolute Gasteiger partial charge is 0.344 e. The summed E-state index contributed by atoms with van der Waals surface area (Å²) in [6.07, 6.45) is 0. The van der Waals surface area contributed by atoms with Crippen LogP contribution >= 0.6 is 0 Å².